The van der Waals surface area contributed by atoms with Gasteiger partial charge in [-0.25, -0.2) is 0 Å². The fourth-order valence-corrected chi connectivity index (χ4v) is 3.41. The molecule has 3 N–H and O–H groups in total. The lowest BCUT2D eigenvalue weighted by molar-refractivity contribution is 1.02. The van der Waals surface area contributed by atoms with Crippen molar-refractivity contribution in [1.29, 1.82) is 0 Å². The molecular weight excluding hydrogens is 337 g/mol. The number of aromatic nitrogens is 1. The van der Waals surface area contributed by atoms with Crippen LogP contribution in [0.25, 0.3) is 5.57 Å². The first-order valence-corrected chi connectivity index (χ1v) is 10.6. The van der Waals surface area contributed by atoms with Gasteiger partial charge in [0.05, 0.1) is 5.69 Å². The van der Waals surface area contributed by atoms with Crippen LogP contribution in [-0.4, -0.2) is 18.8 Å². The first kappa shape index (κ1) is 22.5. The molecule has 26 heavy (non-hydrogen) atoms. The Labute approximate surface area is 164 Å². The highest BCUT2D eigenvalue weighted by atomic mass is 32.1. The van der Waals surface area contributed by atoms with Crippen LogP contribution < -0.4 is 16.5 Å². The van der Waals surface area contributed by atoms with Gasteiger partial charge in [-0.05, 0) is 54.9 Å². The molecule has 5 heteroatoms. The third-order valence-corrected chi connectivity index (χ3v) is 4.92. The van der Waals surface area contributed by atoms with Gasteiger partial charge < -0.3 is 11.1 Å². The first-order chi connectivity index (χ1) is 12.6. The Morgan fingerprint density at radius 1 is 1.19 bits per heavy atom. The van der Waals surface area contributed by atoms with Crippen LogP contribution in [0.4, 0.5) is 5.69 Å². The summed E-state index contributed by atoms with van der Waals surface area (Å²) in [5.41, 5.74) is 12.4. The fourth-order valence-electron chi connectivity index (χ4n) is 2.76. The van der Waals surface area contributed by atoms with Gasteiger partial charge in [0.25, 0.3) is 0 Å². The van der Waals surface area contributed by atoms with Crippen molar-refractivity contribution in [1.82, 2.24) is 4.98 Å². The Hall–Kier alpha value is -1.59. The molecule has 0 unspecified atom stereocenters. The Bertz CT molecular complexity index is 694. The van der Waals surface area contributed by atoms with Gasteiger partial charge in [-0.3, -0.25) is 4.98 Å². The Balaban J connectivity index is 0.000000615. The van der Waals surface area contributed by atoms with Crippen LogP contribution in [0.3, 0.4) is 0 Å². The maximum atomic E-state index is 4.85. The van der Waals surface area contributed by atoms with Crippen molar-refractivity contribution in [2.45, 2.75) is 60.9 Å². The topological polar surface area (TPSA) is 50.9 Å². The van der Waals surface area contributed by atoms with Gasteiger partial charge in [-0.2, -0.15) is 0 Å². The minimum Gasteiger partial charge on any atom is -0.380 e. The fraction of sp³-hybridized carbons (Fsp3) is 0.476. The van der Waals surface area contributed by atoms with Gasteiger partial charge in [-0.1, -0.05) is 46.2 Å². The maximum Gasteiger partial charge on any atom is 0.191 e. The molecule has 0 aromatic carbocycles. The van der Waals surface area contributed by atoms with E-state index in [2.05, 4.69) is 56.9 Å². The molecule has 0 saturated heterocycles. The van der Waals surface area contributed by atoms with Crippen LogP contribution in [0.15, 0.2) is 29.1 Å². The van der Waals surface area contributed by atoms with Crippen molar-refractivity contribution >= 4 is 35.3 Å². The lowest BCUT2D eigenvalue weighted by atomic mass is 9.65. The number of anilines is 1. The molecule has 3 nitrogen and oxygen atoms in total. The molecule has 141 valence electrons. The average molecular weight is 370 g/mol. The van der Waals surface area contributed by atoms with E-state index in [4.69, 9.17) is 10.7 Å². The lowest BCUT2D eigenvalue weighted by Gasteiger charge is -2.13. The van der Waals surface area contributed by atoms with Crippen molar-refractivity contribution in [2.24, 2.45) is 5.73 Å². The van der Waals surface area contributed by atoms with E-state index in [0.717, 1.165) is 31.6 Å². The van der Waals surface area contributed by atoms with Crippen molar-refractivity contribution in [3.05, 3.63) is 45.3 Å². The number of nitrogens with one attached hydrogen (secondary N) is 1. The van der Waals surface area contributed by atoms with Gasteiger partial charge in [0.1, 0.15) is 0 Å². The molecular formula is C21H33BN3S. The molecule has 0 saturated carbocycles. The molecule has 0 aliphatic carbocycles. The summed E-state index contributed by atoms with van der Waals surface area (Å²) in [6.07, 6.45) is 2.03. The summed E-state index contributed by atoms with van der Waals surface area (Å²) < 4.78 is 0. The number of hydrogen-bond acceptors (Lipinski definition) is 4. The quantitative estimate of drug-likeness (QED) is 0.744. The number of allylic oxidation sites excluding steroid dienone is 2. The van der Waals surface area contributed by atoms with E-state index in [0.29, 0.717) is 0 Å². The summed E-state index contributed by atoms with van der Waals surface area (Å²) in [7, 11) is 2.30. The van der Waals surface area contributed by atoms with Gasteiger partial charge in [0, 0.05) is 22.8 Å². The average Bonchev–Trinajstić information content (AvgIpc) is 3.30. The predicted molar refractivity (Wildman–Crippen MR) is 120 cm³/mol. The van der Waals surface area contributed by atoms with E-state index in [1.54, 1.807) is 11.3 Å². The van der Waals surface area contributed by atoms with Crippen LogP contribution in [0.5, 0.6) is 0 Å². The number of rotatable bonds is 5. The molecule has 0 fully saturated rings. The zero-order chi connectivity index (χ0) is 19.5. The highest BCUT2D eigenvalue weighted by molar-refractivity contribution is 7.09. The second kappa shape index (κ2) is 11.9. The zero-order valence-electron chi connectivity index (χ0n) is 17.1. The summed E-state index contributed by atoms with van der Waals surface area (Å²) in [5.74, 6) is 0. The van der Waals surface area contributed by atoms with E-state index >= 15 is 0 Å². The smallest absolute Gasteiger partial charge is 0.191 e. The van der Waals surface area contributed by atoms with E-state index in [9.17, 15) is 0 Å². The van der Waals surface area contributed by atoms with E-state index < -0.39 is 0 Å². The molecule has 0 atom stereocenters. The van der Waals surface area contributed by atoms with Crippen LogP contribution in [-0.2, 0) is 13.0 Å². The summed E-state index contributed by atoms with van der Waals surface area (Å²) in [4.78, 5) is 6.19. The normalized spacial score (nSPS) is 11.7. The van der Waals surface area contributed by atoms with Crippen molar-refractivity contribution in [3.63, 3.8) is 0 Å². The van der Waals surface area contributed by atoms with Gasteiger partial charge in [0.2, 0.25) is 0 Å². The maximum absolute atomic E-state index is 4.85. The number of fused-ring (bicyclic) bond motifs is 1. The van der Waals surface area contributed by atoms with Crippen LogP contribution >= 0.6 is 11.3 Å². The van der Waals surface area contributed by atoms with Gasteiger partial charge >= 0.3 is 0 Å². The van der Waals surface area contributed by atoms with E-state index in [1.165, 1.54) is 32.8 Å². The molecule has 0 amide bonds. The summed E-state index contributed by atoms with van der Waals surface area (Å²) >= 11 is 1.79. The lowest BCUT2D eigenvalue weighted by Crippen LogP contribution is -2.21. The third-order valence-electron chi connectivity index (χ3n) is 4.04. The Morgan fingerprint density at radius 3 is 2.42 bits per heavy atom. The number of aryl methyl sites for hydroxylation is 1. The minimum atomic E-state index is 0.750. The van der Waals surface area contributed by atoms with Crippen molar-refractivity contribution < 1.29 is 0 Å². The second-order valence-corrected chi connectivity index (χ2v) is 6.80. The number of thiophene rings is 1. The Kier molecular flexibility index (Phi) is 10.3. The van der Waals surface area contributed by atoms with E-state index in [-0.39, 0.29) is 0 Å². The molecule has 1 aliphatic heterocycles. The second-order valence-electron chi connectivity index (χ2n) is 5.77. The zero-order valence-corrected chi connectivity index (χ0v) is 18.0. The summed E-state index contributed by atoms with van der Waals surface area (Å²) in [5, 5.41) is 5.72. The molecule has 0 spiro atoms. The number of nitrogens with two attached hydrogens (primary N) is 1. The SMILES string of the molecule is CC.CCC1=C(C)c2nc(CC)cc(NCc3cccs3)c2[B]1.CCN. The van der Waals surface area contributed by atoms with Gasteiger partial charge in [-0.15, -0.1) is 11.3 Å². The molecule has 2 aromatic rings. The third kappa shape index (κ3) is 5.71. The van der Waals surface area contributed by atoms with Crippen LogP contribution in [0.2, 0.25) is 0 Å². The molecule has 1 radical (unpaired) electrons. The Morgan fingerprint density at radius 2 is 1.88 bits per heavy atom. The molecule has 0 bridgehead atoms. The number of hydrogen-bond donors (Lipinski definition) is 2. The van der Waals surface area contributed by atoms with Crippen molar-refractivity contribution in [3.8, 4) is 0 Å². The van der Waals surface area contributed by atoms with E-state index in [1.807, 2.05) is 20.8 Å². The minimum absolute atomic E-state index is 0.750. The summed E-state index contributed by atoms with van der Waals surface area (Å²) in [6.45, 7) is 14.1. The standard InChI is InChI=1S/C17H20BN2S.C2H7N.C2H6/c1-4-12-9-15(19-10-13-7-6-8-21-13)16-17(20-12)11(3)14(5-2)18-16;1-2-3;1-2/h6-9H,4-5,10H2,1-3H3,(H,19,20);2-3H2,1H3;1-2H3. The molecule has 3 heterocycles. The van der Waals surface area contributed by atoms with Crippen LogP contribution in [0.1, 0.15) is 64.2 Å². The largest absolute Gasteiger partial charge is 0.380 e. The first-order valence-electron chi connectivity index (χ1n) is 9.69. The van der Waals surface area contributed by atoms with Crippen molar-refractivity contribution in [2.75, 3.05) is 11.9 Å². The molecule has 3 rings (SSSR count). The molecule has 1 aliphatic rings. The highest BCUT2D eigenvalue weighted by Gasteiger charge is 2.23. The highest BCUT2D eigenvalue weighted by Crippen LogP contribution is 2.27. The van der Waals surface area contributed by atoms with Gasteiger partial charge in [0.15, 0.2) is 7.28 Å². The monoisotopic (exact) mass is 370 g/mol. The number of pyridine rings is 1. The number of nitrogens with zero attached hydrogens (tertiary/aromatic N) is 1. The van der Waals surface area contributed by atoms with Crippen LogP contribution in [0, 0.1) is 0 Å². The molecule has 2 aromatic heterocycles. The summed E-state index contributed by atoms with van der Waals surface area (Å²) in [6, 6.07) is 6.47. The predicted octanol–water partition coefficient (Wildman–Crippen LogP) is 4.79.